The summed E-state index contributed by atoms with van der Waals surface area (Å²) in [6.07, 6.45) is -0.728. The number of ether oxygens (including phenoxy) is 1. The summed E-state index contributed by atoms with van der Waals surface area (Å²) in [4.78, 5) is 14.1. The minimum Gasteiger partial charge on any atom is -0.469 e. The van der Waals surface area contributed by atoms with Crippen LogP contribution in [0.5, 0.6) is 0 Å². The SMILES string of the molecule is COC(=O)CC(O)C(O)c1ccc2cc[nH]c2c1. The van der Waals surface area contributed by atoms with Crippen LogP contribution >= 0.6 is 0 Å². The van der Waals surface area contributed by atoms with Crippen molar-refractivity contribution in [1.82, 2.24) is 4.98 Å². The molecule has 18 heavy (non-hydrogen) atoms. The molecule has 0 aliphatic carbocycles. The average Bonchev–Trinajstić information content (AvgIpc) is 2.84. The Morgan fingerprint density at radius 2 is 2.17 bits per heavy atom. The second-order valence-corrected chi connectivity index (χ2v) is 4.12. The first-order valence-electron chi connectivity index (χ1n) is 5.62. The Labute approximate surface area is 104 Å². The van der Waals surface area contributed by atoms with E-state index in [-0.39, 0.29) is 6.42 Å². The Hall–Kier alpha value is -1.85. The van der Waals surface area contributed by atoms with E-state index >= 15 is 0 Å². The van der Waals surface area contributed by atoms with Crippen LogP contribution in [0, 0.1) is 0 Å². The van der Waals surface area contributed by atoms with Gasteiger partial charge >= 0.3 is 5.97 Å². The fourth-order valence-electron chi connectivity index (χ4n) is 1.84. The third kappa shape index (κ3) is 2.52. The van der Waals surface area contributed by atoms with Crippen LogP contribution in [0.1, 0.15) is 18.1 Å². The Morgan fingerprint density at radius 3 is 2.89 bits per heavy atom. The van der Waals surface area contributed by atoms with Crippen molar-refractivity contribution in [2.45, 2.75) is 18.6 Å². The molecule has 3 N–H and O–H groups in total. The minimum absolute atomic E-state index is 0.236. The van der Waals surface area contributed by atoms with Crippen molar-refractivity contribution in [3.63, 3.8) is 0 Å². The zero-order valence-electron chi connectivity index (χ0n) is 9.96. The number of hydrogen-bond acceptors (Lipinski definition) is 4. The van der Waals surface area contributed by atoms with Crippen LogP contribution in [0.3, 0.4) is 0 Å². The topological polar surface area (TPSA) is 82.6 Å². The van der Waals surface area contributed by atoms with Crippen molar-refractivity contribution in [2.75, 3.05) is 7.11 Å². The molecular weight excluding hydrogens is 234 g/mol. The molecule has 0 saturated carbocycles. The van der Waals surface area contributed by atoms with Crippen LogP contribution < -0.4 is 0 Å². The van der Waals surface area contributed by atoms with Gasteiger partial charge in [-0.25, -0.2) is 0 Å². The van der Waals surface area contributed by atoms with Crippen molar-refractivity contribution >= 4 is 16.9 Å². The van der Waals surface area contributed by atoms with Crippen molar-refractivity contribution in [3.05, 3.63) is 36.0 Å². The van der Waals surface area contributed by atoms with E-state index in [1.54, 1.807) is 18.3 Å². The number of nitrogens with one attached hydrogen (secondary N) is 1. The Kier molecular flexibility index (Phi) is 3.64. The molecule has 5 nitrogen and oxygen atoms in total. The maximum Gasteiger partial charge on any atom is 0.308 e. The van der Waals surface area contributed by atoms with Crippen LogP contribution in [0.25, 0.3) is 10.9 Å². The number of carbonyl (C=O) groups is 1. The molecule has 0 fully saturated rings. The van der Waals surface area contributed by atoms with Gasteiger partial charge in [0.25, 0.3) is 0 Å². The third-order valence-electron chi connectivity index (χ3n) is 2.89. The highest BCUT2D eigenvalue weighted by molar-refractivity contribution is 5.80. The zero-order chi connectivity index (χ0) is 13.1. The molecule has 1 aromatic carbocycles. The molecule has 0 aliphatic heterocycles. The van der Waals surface area contributed by atoms with Gasteiger partial charge in [-0.3, -0.25) is 4.79 Å². The average molecular weight is 249 g/mol. The van der Waals surface area contributed by atoms with E-state index in [2.05, 4.69) is 9.72 Å². The number of aliphatic hydroxyl groups is 2. The van der Waals surface area contributed by atoms with E-state index in [0.717, 1.165) is 10.9 Å². The Balaban J connectivity index is 2.16. The molecular formula is C13H15NO4. The molecule has 0 amide bonds. The van der Waals surface area contributed by atoms with E-state index in [1.807, 2.05) is 12.1 Å². The highest BCUT2D eigenvalue weighted by Gasteiger charge is 2.22. The number of benzene rings is 1. The maximum atomic E-state index is 11.0. The fourth-order valence-corrected chi connectivity index (χ4v) is 1.84. The van der Waals surface area contributed by atoms with Gasteiger partial charge in [0.1, 0.15) is 6.10 Å². The number of rotatable bonds is 4. The van der Waals surface area contributed by atoms with E-state index < -0.39 is 18.2 Å². The number of aromatic amines is 1. The molecule has 2 unspecified atom stereocenters. The van der Waals surface area contributed by atoms with Crippen molar-refractivity contribution in [3.8, 4) is 0 Å². The molecule has 5 heteroatoms. The summed E-state index contributed by atoms with van der Waals surface area (Å²) in [5.74, 6) is -0.553. The summed E-state index contributed by atoms with van der Waals surface area (Å²) in [5.41, 5.74) is 1.43. The highest BCUT2D eigenvalue weighted by Crippen LogP contribution is 2.23. The molecule has 0 radical (unpaired) electrons. The number of carbonyl (C=O) groups excluding carboxylic acids is 1. The quantitative estimate of drug-likeness (QED) is 0.709. The summed E-state index contributed by atoms with van der Waals surface area (Å²) >= 11 is 0. The lowest BCUT2D eigenvalue weighted by Gasteiger charge is -2.17. The van der Waals surface area contributed by atoms with Gasteiger partial charge in [0, 0.05) is 11.7 Å². The number of aromatic nitrogens is 1. The van der Waals surface area contributed by atoms with Crippen LogP contribution in [0.2, 0.25) is 0 Å². The van der Waals surface area contributed by atoms with Gasteiger partial charge in [-0.05, 0) is 23.1 Å². The molecule has 0 saturated heterocycles. The molecule has 0 aliphatic rings. The molecule has 2 rings (SSSR count). The van der Waals surface area contributed by atoms with Gasteiger partial charge in [-0.2, -0.15) is 0 Å². The number of esters is 1. The molecule has 2 aromatic rings. The lowest BCUT2D eigenvalue weighted by Crippen LogP contribution is -2.22. The molecule has 1 aromatic heterocycles. The normalized spacial score (nSPS) is 14.4. The van der Waals surface area contributed by atoms with Gasteiger partial charge in [0.15, 0.2) is 0 Å². The Morgan fingerprint density at radius 1 is 1.39 bits per heavy atom. The summed E-state index contributed by atoms with van der Waals surface area (Å²) in [6, 6.07) is 7.23. The lowest BCUT2D eigenvalue weighted by molar-refractivity contribution is -0.144. The van der Waals surface area contributed by atoms with Crippen LogP contribution in [-0.2, 0) is 9.53 Å². The fraction of sp³-hybridized carbons (Fsp3) is 0.308. The van der Waals surface area contributed by atoms with Gasteiger partial charge in [-0.15, -0.1) is 0 Å². The standard InChI is InChI=1S/C13H15NO4/c1-18-12(16)7-11(15)13(17)9-3-2-8-4-5-14-10(8)6-9/h2-6,11,13-15,17H,7H2,1H3. The first-order chi connectivity index (χ1) is 8.61. The first kappa shape index (κ1) is 12.6. The lowest BCUT2D eigenvalue weighted by atomic mass is 10.0. The number of hydrogen-bond donors (Lipinski definition) is 3. The number of fused-ring (bicyclic) bond motifs is 1. The van der Waals surface area contributed by atoms with Crippen LogP contribution in [-0.4, -0.2) is 34.4 Å². The summed E-state index contributed by atoms with van der Waals surface area (Å²) in [7, 11) is 1.24. The molecule has 0 bridgehead atoms. The van der Waals surface area contributed by atoms with Gasteiger partial charge in [-0.1, -0.05) is 12.1 Å². The maximum absolute atomic E-state index is 11.0. The minimum atomic E-state index is -1.18. The summed E-state index contributed by atoms with van der Waals surface area (Å²) in [6.45, 7) is 0. The Bertz CT molecular complexity index is 549. The molecule has 96 valence electrons. The van der Waals surface area contributed by atoms with Gasteiger partial charge in [0.05, 0.1) is 19.6 Å². The second kappa shape index (κ2) is 5.20. The highest BCUT2D eigenvalue weighted by atomic mass is 16.5. The van der Waals surface area contributed by atoms with E-state index in [9.17, 15) is 15.0 Å². The van der Waals surface area contributed by atoms with Crippen LogP contribution in [0.15, 0.2) is 30.5 Å². The zero-order valence-corrected chi connectivity index (χ0v) is 9.96. The number of methoxy groups -OCH3 is 1. The van der Waals surface area contributed by atoms with E-state index in [4.69, 9.17) is 0 Å². The largest absolute Gasteiger partial charge is 0.469 e. The summed E-state index contributed by atoms with van der Waals surface area (Å²) in [5, 5.41) is 20.7. The molecule has 0 spiro atoms. The predicted molar refractivity (Wildman–Crippen MR) is 65.9 cm³/mol. The predicted octanol–water partition coefficient (Wildman–Crippen LogP) is 1.13. The first-order valence-corrected chi connectivity index (χ1v) is 5.62. The van der Waals surface area contributed by atoms with Crippen molar-refractivity contribution in [1.29, 1.82) is 0 Å². The van der Waals surface area contributed by atoms with Gasteiger partial charge < -0.3 is 19.9 Å². The second-order valence-electron chi connectivity index (χ2n) is 4.12. The smallest absolute Gasteiger partial charge is 0.308 e. The van der Waals surface area contributed by atoms with Crippen molar-refractivity contribution in [2.24, 2.45) is 0 Å². The number of H-pyrrole nitrogens is 1. The monoisotopic (exact) mass is 249 g/mol. The van der Waals surface area contributed by atoms with Gasteiger partial charge in [0.2, 0.25) is 0 Å². The number of aliphatic hydroxyl groups excluding tert-OH is 2. The third-order valence-corrected chi connectivity index (χ3v) is 2.89. The van der Waals surface area contributed by atoms with Crippen LogP contribution in [0.4, 0.5) is 0 Å². The molecule has 1 heterocycles. The summed E-state index contributed by atoms with van der Waals surface area (Å²) < 4.78 is 4.45. The van der Waals surface area contributed by atoms with E-state index in [0.29, 0.717) is 5.56 Å². The van der Waals surface area contributed by atoms with Crippen molar-refractivity contribution < 1.29 is 19.7 Å². The molecule has 2 atom stereocenters. The van der Waals surface area contributed by atoms with E-state index in [1.165, 1.54) is 7.11 Å².